The Kier molecular flexibility index (Phi) is 3.84. The van der Waals surface area contributed by atoms with E-state index in [4.69, 9.17) is 15.9 Å². The Morgan fingerprint density at radius 2 is 2.17 bits per heavy atom. The largest absolute Gasteiger partial charge is 0.480 e. The highest BCUT2D eigenvalue weighted by atomic mass is 16.4. The molecule has 0 saturated carbocycles. The Bertz CT molecular complexity index is 436. The molecule has 2 rings (SSSR count). The summed E-state index contributed by atoms with van der Waals surface area (Å²) in [6, 6.07) is 7.00. The molecule has 0 amide bonds. The van der Waals surface area contributed by atoms with Crippen LogP contribution in [0.3, 0.4) is 0 Å². The van der Waals surface area contributed by atoms with Crippen molar-refractivity contribution in [3.8, 4) is 0 Å². The number of para-hydroxylation sites is 1. The molecule has 1 aliphatic heterocycles. The van der Waals surface area contributed by atoms with Gasteiger partial charge in [0.25, 0.3) is 0 Å². The average Bonchev–Trinajstić information content (AvgIpc) is 2.68. The van der Waals surface area contributed by atoms with Gasteiger partial charge in [-0.15, -0.1) is 0 Å². The number of fused-ring (bicyclic) bond motifs is 1. The van der Waals surface area contributed by atoms with Gasteiger partial charge in [-0.2, -0.15) is 0 Å². The van der Waals surface area contributed by atoms with Crippen LogP contribution in [-0.2, 0) is 4.79 Å². The second-order valence-corrected chi connectivity index (χ2v) is 4.64. The number of carboxylic acids is 1. The minimum atomic E-state index is -0.984. The first-order valence-corrected chi connectivity index (χ1v) is 6.08. The number of aliphatic carboxylic acids is 1. The topological polar surface area (TPSA) is 95.6 Å². The second kappa shape index (κ2) is 5.37. The van der Waals surface area contributed by atoms with Crippen LogP contribution in [0.5, 0.6) is 0 Å². The number of aliphatic hydroxyl groups is 1. The normalized spacial score (nSPS) is 23.2. The number of nitrogens with one attached hydrogen (secondary N) is 1. The first kappa shape index (κ1) is 12.9. The van der Waals surface area contributed by atoms with E-state index in [0.717, 1.165) is 11.3 Å². The van der Waals surface area contributed by atoms with Crippen molar-refractivity contribution >= 4 is 11.7 Å². The number of anilines is 1. The van der Waals surface area contributed by atoms with Crippen molar-refractivity contribution in [3.63, 3.8) is 0 Å². The van der Waals surface area contributed by atoms with E-state index < -0.39 is 12.0 Å². The molecule has 0 radical (unpaired) electrons. The molecule has 0 fully saturated rings. The molecule has 18 heavy (non-hydrogen) atoms. The summed E-state index contributed by atoms with van der Waals surface area (Å²) >= 11 is 0. The van der Waals surface area contributed by atoms with E-state index in [1.807, 2.05) is 24.3 Å². The van der Waals surface area contributed by atoms with Crippen molar-refractivity contribution in [2.45, 2.75) is 30.8 Å². The van der Waals surface area contributed by atoms with Gasteiger partial charge in [-0.3, -0.25) is 4.79 Å². The van der Waals surface area contributed by atoms with Crippen LogP contribution in [0.25, 0.3) is 0 Å². The number of benzene rings is 1. The first-order chi connectivity index (χ1) is 8.63. The van der Waals surface area contributed by atoms with Gasteiger partial charge in [0, 0.05) is 24.3 Å². The molecule has 0 aromatic heterocycles. The Hall–Kier alpha value is -1.59. The summed E-state index contributed by atoms with van der Waals surface area (Å²) in [7, 11) is 0. The highest BCUT2D eigenvalue weighted by Crippen LogP contribution is 2.39. The van der Waals surface area contributed by atoms with Gasteiger partial charge < -0.3 is 21.3 Å². The SMILES string of the molecule is NC(C[C@H]1c2ccccc2N[C@H]1CCO)C(=O)O. The highest BCUT2D eigenvalue weighted by Gasteiger charge is 2.33. The predicted octanol–water partition coefficient (Wildman–Crippen LogP) is 0.749. The van der Waals surface area contributed by atoms with Crippen LogP contribution in [0.2, 0.25) is 0 Å². The number of hydrogen-bond donors (Lipinski definition) is 4. The van der Waals surface area contributed by atoms with Gasteiger partial charge >= 0.3 is 5.97 Å². The lowest BCUT2D eigenvalue weighted by Gasteiger charge is -2.21. The first-order valence-electron chi connectivity index (χ1n) is 6.08. The maximum atomic E-state index is 10.9. The summed E-state index contributed by atoms with van der Waals surface area (Å²) < 4.78 is 0. The highest BCUT2D eigenvalue weighted by molar-refractivity contribution is 5.73. The van der Waals surface area contributed by atoms with Crippen molar-refractivity contribution < 1.29 is 15.0 Å². The van der Waals surface area contributed by atoms with E-state index in [1.165, 1.54) is 0 Å². The molecule has 1 aromatic rings. The fraction of sp³-hybridized carbons (Fsp3) is 0.462. The number of carbonyl (C=O) groups is 1. The predicted molar refractivity (Wildman–Crippen MR) is 68.5 cm³/mol. The summed E-state index contributed by atoms with van der Waals surface area (Å²) in [6.45, 7) is 0.0739. The van der Waals surface area contributed by atoms with E-state index in [1.54, 1.807) is 0 Å². The Balaban J connectivity index is 2.20. The van der Waals surface area contributed by atoms with Gasteiger partial charge in [-0.1, -0.05) is 18.2 Å². The number of nitrogens with two attached hydrogens (primary N) is 1. The minimum Gasteiger partial charge on any atom is -0.480 e. The van der Waals surface area contributed by atoms with Crippen molar-refractivity contribution in [2.24, 2.45) is 5.73 Å². The van der Waals surface area contributed by atoms with E-state index in [9.17, 15) is 4.79 Å². The van der Waals surface area contributed by atoms with Gasteiger partial charge in [-0.05, 0) is 24.5 Å². The maximum absolute atomic E-state index is 10.9. The molecule has 5 nitrogen and oxygen atoms in total. The van der Waals surface area contributed by atoms with E-state index in [-0.39, 0.29) is 18.6 Å². The second-order valence-electron chi connectivity index (χ2n) is 4.64. The van der Waals surface area contributed by atoms with Crippen molar-refractivity contribution in [3.05, 3.63) is 29.8 Å². The molecule has 0 bridgehead atoms. The fourth-order valence-corrected chi connectivity index (χ4v) is 2.55. The zero-order valence-corrected chi connectivity index (χ0v) is 10.0. The fourth-order valence-electron chi connectivity index (χ4n) is 2.55. The molecule has 1 unspecified atom stereocenters. The van der Waals surface area contributed by atoms with Crippen molar-refractivity contribution in [2.75, 3.05) is 11.9 Å². The molecular weight excluding hydrogens is 232 g/mol. The summed E-state index contributed by atoms with van der Waals surface area (Å²) in [6.07, 6.45) is 0.968. The Labute approximate surface area is 106 Å². The molecule has 5 N–H and O–H groups in total. The number of carboxylic acid groups (broad SMARTS) is 1. The molecule has 98 valence electrons. The average molecular weight is 250 g/mol. The molecular formula is C13H18N2O3. The van der Waals surface area contributed by atoms with E-state index in [2.05, 4.69) is 5.32 Å². The lowest BCUT2D eigenvalue weighted by Crippen LogP contribution is -2.35. The van der Waals surface area contributed by atoms with Gasteiger partial charge in [0.05, 0.1) is 0 Å². The molecule has 0 saturated heterocycles. The van der Waals surface area contributed by atoms with Crippen molar-refractivity contribution in [1.29, 1.82) is 0 Å². The van der Waals surface area contributed by atoms with Crippen molar-refractivity contribution in [1.82, 2.24) is 0 Å². The molecule has 3 atom stereocenters. The monoisotopic (exact) mass is 250 g/mol. The lowest BCUT2D eigenvalue weighted by molar-refractivity contribution is -0.138. The maximum Gasteiger partial charge on any atom is 0.320 e. The summed E-state index contributed by atoms with van der Waals surface area (Å²) in [4.78, 5) is 10.9. The zero-order chi connectivity index (χ0) is 13.1. The van der Waals surface area contributed by atoms with Crippen LogP contribution < -0.4 is 11.1 Å². The molecule has 1 aliphatic rings. The standard InChI is InChI=1S/C13H18N2O3/c14-10(13(17)18)7-9-8-3-1-2-4-11(8)15-12(9)5-6-16/h1-4,9-10,12,15-16H,5-7,14H2,(H,17,18)/t9-,10?,12-/m0/s1. The van der Waals surface area contributed by atoms with Crippen LogP contribution >= 0.6 is 0 Å². The molecule has 1 heterocycles. The van der Waals surface area contributed by atoms with E-state index in [0.29, 0.717) is 12.8 Å². The summed E-state index contributed by atoms with van der Waals surface area (Å²) in [5, 5.41) is 21.3. The number of hydrogen-bond acceptors (Lipinski definition) is 4. The van der Waals surface area contributed by atoms with Crippen LogP contribution in [-0.4, -0.2) is 34.9 Å². The van der Waals surface area contributed by atoms with Crippen LogP contribution in [0, 0.1) is 0 Å². The van der Waals surface area contributed by atoms with Crippen LogP contribution in [0.15, 0.2) is 24.3 Å². The molecule has 0 spiro atoms. The molecule has 0 aliphatic carbocycles. The third-order valence-electron chi connectivity index (χ3n) is 3.45. The number of aliphatic hydroxyl groups excluding tert-OH is 1. The minimum absolute atomic E-state index is 0.0412. The third-order valence-corrected chi connectivity index (χ3v) is 3.45. The third kappa shape index (κ3) is 2.47. The molecule has 5 heteroatoms. The molecule has 1 aromatic carbocycles. The Morgan fingerprint density at radius 3 is 2.83 bits per heavy atom. The van der Waals surface area contributed by atoms with Gasteiger partial charge in [0.1, 0.15) is 6.04 Å². The summed E-state index contributed by atoms with van der Waals surface area (Å²) in [5.41, 5.74) is 7.72. The van der Waals surface area contributed by atoms with Crippen LogP contribution in [0.4, 0.5) is 5.69 Å². The van der Waals surface area contributed by atoms with Gasteiger partial charge in [0.15, 0.2) is 0 Å². The number of rotatable bonds is 5. The van der Waals surface area contributed by atoms with E-state index >= 15 is 0 Å². The Morgan fingerprint density at radius 1 is 1.44 bits per heavy atom. The van der Waals surface area contributed by atoms with Gasteiger partial charge in [-0.25, -0.2) is 0 Å². The quantitative estimate of drug-likeness (QED) is 0.618. The summed E-state index contributed by atoms with van der Waals surface area (Å²) in [5.74, 6) is -0.943. The van der Waals surface area contributed by atoms with Gasteiger partial charge in [0.2, 0.25) is 0 Å². The lowest BCUT2D eigenvalue weighted by atomic mass is 9.87. The smallest absolute Gasteiger partial charge is 0.320 e. The zero-order valence-electron chi connectivity index (χ0n) is 10.0. The van der Waals surface area contributed by atoms with Crippen LogP contribution in [0.1, 0.15) is 24.3 Å².